The highest BCUT2D eigenvalue weighted by molar-refractivity contribution is 7.89. The van der Waals surface area contributed by atoms with Gasteiger partial charge in [-0.3, -0.25) is 9.59 Å². The molecule has 1 aliphatic heterocycles. The maximum Gasteiger partial charge on any atom is 0.307 e. The van der Waals surface area contributed by atoms with Crippen LogP contribution in [0.3, 0.4) is 0 Å². The average molecular weight is 423 g/mol. The molecule has 0 radical (unpaired) electrons. The van der Waals surface area contributed by atoms with E-state index in [1.165, 1.54) is 28.6 Å². The number of ether oxygens (including phenoxy) is 1. The number of nitrogens with one attached hydrogen (secondary N) is 1. The molecule has 2 unspecified atom stereocenters. The minimum absolute atomic E-state index is 0.146. The van der Waals surface area contributed by atoms with E-state index in [1.807, 2.05) is 13.8 Å². The average Bonchev–Trinajstić information content (AvgIpc) is 2.70. The Bertz CT molecular complexity index is 917. The highest BCUT2D eigenvalue weighted by Crippen LogP contribution is 2.35. The van der Waals surface area contributed by atoms with E-state index in [9.17, 15) is 23.1 Å². The summed E-state index contributed by atoms with van der Waals surface area (Å²) in [6, 6.07) is 5.95. The number of nitrogens with zero attached hydrogens (tertiary/aromatic N) is 1. The Labute approximate surface area is 170 Å². The van der Waals surface area contributed by atoms with E-state index in [0.717, 1.165) is 11.1 Å². The number of carbonyl (C=O) groups is 2. The molecular formula is C20H26N2O6S. The number of carboxylic acid groups (broad SMARTS) is 1. The molecule has 0 spiro atoms. The van der Waals surface area contributed by atoms with Gasteiger partial charge in [-0.1, -0.05) is 11.1 Å². The molecule has 2 aliphatic rings. The number of hydrogen-bond acceptors (Lipinski definition) is 5. The van der Waals surface area contributed by atoms with E-state index in [-0.39, 0.29) is 10.8 Å². The van der Waals surface area contributed by atoms with E-state index in [2.05, 4.69) is 5.32 Å². The number of hydrogen-bond donors (Lipinski definition) is 2. The molecule has 0 aromatic heterocycles. The molecule has 1 aromatic rings. The number of carbonyl (C=O) groups excluding carboxylic acids is 1. The fourth-order valence-electron chi connectivity index (χ4n) is 3.71. The van der Waals surface area contributed by atoms with Gasteiger partial charge >= 0.3 is 5.97 Å². The van der Waals surface area contributed by atoms with E-state index in [1.54, 1.807) is 0 Å². The topological polar surface area (TPSA) is 113 Å². The molecular weight excluding hydrogens is 396 g/mol. The number of allylic oxidation sites excluding steroid dienone is 2. The van der Waals surface area contributed by atoms with Crippen LogP contribution < -0.4 is 5.32 Å². The van der Waals surface area contributed by atoms with Crippen molar-refractivity contribution >= 4 is 27.6 Å². The number of benzene rings is 1. The molecule has 3 rings (SSSR count). The molecule has 1 fully saturated rings. The summed E-state index contributed by atoms with van der Waals surface area (Å²) in [6.45, 7) is 5.17. The van der Waals surface area contributed by atoms with Gasteiger partial charge in [0.25, 0.3) is 0 Å². The quantitative estimate of drug-likeness (QED) is 0.703. The first-order chi connectivity index (χ1) is 13.7. The van der Waals surface area contributed by atoms with E-state index < -0.39 is 27.8 Å². The summed E-state index contributed by atoms with van der Waals surface area (Å²) in [5.74, 6) is -2.77. The standard InChI is InChI=1S/C20H26N2O6S/c1-13-11-17(18(20(24)25)12-14(13)2)19(23)21-15-3-5-16(6-4-15)29(26,27)22-7-9-28-10-8-22/h3-6,17-18H,7-12H2,1-2H3,(H,21,23)(H,24,25). The van der Waals surface area contributed by atoms with E-state index >= 15 is 0 Å². The second kappa shape index (κ2) is 8.64. The predicted molar refractivity (Wildman–Crippen MR) is 107 cm³/mol. The van der Waals surface area contributed by atoms with Gasteiger partial charge in [0, 0.05) is 18.8 Å². The normalized spacial score (nSPS) is 23.7. The van der Waals surface area contributed by atoms with Crippen molar-refractivity contribution in [2.75, 3.05) is 31.6 Å². The molecule has 29 heavy (non-hydrogen) atoms. The Morgan fingerprint density at radius 3 is 2.14 bits per heavy atom. The third-order valence-electron chi connectivity index (χ3n) is 5.65. The highest BCUT2D eigenvalue weighted by Gasteiger charge is 2.37. The zero-order chi connectivity index (χ0) is 21.2. The number of carboxylic acids is 1. The Balaban J connectivity index is 1.72. The van der Waals surface area contributed by atoms with Gasteiger partial charge in [-0.15, -0.1) is 0 Å². The van der Waals surface area contributed by atoms with Crippen molar-refractivity contribution in [1.29, 1.82) is 0 Å². The summed E-state index contributed by atoms with van der Waals surface area (Å²) in [4.78, 5) is 24.5. The van der Waals surface area contributed by atoms with Crippen molar-refractivity contribution < 1.29 is 27.9 Å². The Kier molecular flexibility index (Phi) is 6.40. The van der Waals surface area contributed by atoms with Gasteiger partial charge in [0.15, 0.2) is 0 Å². The van der Waals surface area contributed by atoms with Crippen LogP contribution in [-0.4, -0.2) is 56.0 Å². The zero-order valence-electron chi connectivity index (χ0n) is 16.6. The van der Waals surface area contributed by atoms with Gasteiger partial charge in [-0.2, -0.15) is 4.31 Å². The summed E-state index contributed by atoms with van der Waals surface area (Å²) < 4.78 is 31.9. The van der Waals surface area contributed by atoms with Gasteiger partial charge in [-0.25, -0.2) is 8.42 Å². The highest BCUT2D eigenvalue weighted by atomic mass is 32.2. The fraction of sp³-hybridized carbons (Fsp3) is 0.500. The van der Waals surface area contributed by atoms with Gasteiger partial charge in [0.2, 0.25) is 15.9 Å². The maximum absolute atomic E-state index is 12.7. The van der Waals surface area contributed by atoms with E-state index in [4.69, 9.17) is 4.74 Å². The third kappa shape index (κ3) is 4.68. The van der Waals surface area contributed by atoms with Crippen molar-refractivity contribution in [1.82, 2.24) is 4.31 Å². The Morgan fingerprint density at radius 2 is 1.59 bits per heavy atom. The second-order valence-electron chi connectivity index (χ2n) is 7.55. The summed E-state index contributed by atoms with van der Waals surface area (Å²) in [6.07, 6.45) is 0.758. The van der Waals surface area contributed by atoms with Gasteiger partial charge < -0.3 is 15.2 Å². The van der Waals surface area contributed by atoms with Crippen LogP contribution in [0, 0.1) is 11.8 Å². The van der Waals surface area contributed by atoms with Crippen LogP contribution in [-0.2, 0) is 24.3 Å². The maximum atomic E-state index is 12.7. The summed E-state index contributed by atoms with van der Waals surface area (Å²) in [5.41, 5.74) is 2.48. The predicted octanol–water partition coefficient (Wildman–Crippen LogP) is 2.09. The molecule has 1 heterocycles. The van der Waals surface area contributed by atoms with Crippen LogP contribution in [0.1, 0.15) is 26.7 Å². The number of morpholine rings is 1. The number of rotatable bonds is 5. The summed E-state index contributed by atoms with van der Waals surface area (Å²) in [5, 5.41) is 12.2. The van der Waals surface area contributed by atoms with Crippen molar-refractivity contribution in [3.05, 3.63) is 35.4 Å². The Morgan fingerprint density at radius 1 is 1.03 bits per heavy atom. The molecule has 0 saturated carbocycles. The molecule has 2 N–H and O–H groups in total. The van der Waals surface area contributed by atoms with Crippen molar-refractivity contribution in [3.63, 3.8) is 0 Å². The fourth-order valence-corrected chi connectivity index (χ4v) is 5.12. The van der Waals surface area contributed by atoms with Crippen molar-refractivity contribution in [2.24, 2.45) is 11.8 Å². The SMILES string of the molecule is CC1=C(C)CC(C(=O)Nc2ccc(S(=O)(=O)N3CCOCC3)cc2)C(C(=O)O)C1. The minimum atomic E-state index is -3.60. The van der Waals surface area contributed by atoms with E-state index in [0.29, 0.717) is 44.8 Å². The molecule has 1 aromatic carbocycles. The van der Waals surface area contributed by atoms with Crippen molar-refractivity contribution in [2.45, 2.75) is 31.6 Å². The molecule has 9 heteroatoms. The van der Waals surface area contributed by atoms with Crippen LogP contribution in [0.5, 0.6) is 0 Å². The van der Waals surface area contributed by atoms with Crippen LogP contribution >= 0.6 is 0 Å². The molecule has 1 aliphatic carbocycles. The monoisotopic (exact) mass is 422 g/mol. The Hall–Kier alpha value is -2.23. The number of aliphatic carboxylic acids is 1. The van der Waals surface area contributed by atoms with Crippen molar-refractivity contribution in [3.8, 4) is 0 Å². The third-order valence-corrected chi connectivity index (χ3v) is 7.56. The first-order valence-electron chi connectivity index (χ1n) is 9.57. The minimum Gasteiger partial charge on any atom is -0.481 e. The number of sulfonamides is 1. The molecule has 0 bridgehead atoms. The molecule has 158 valence electrons. The van der Waals surface area contributed by atoms with Gasteiger partial charge in [-0.05, 0) is 51.0 Å². The lowest BCUT2D eigenvalue weighted by molar-refractivity contribution is -0.146. The van der Waals surface area contributed by atoms with Gasteiger partial charge in [0.1, 0.15) is 0 Å². The molecule has 1 saturated heterocycles. The summed E-state index contributed by atoms with van der Waals surface area (Å²) >= 11 is 0. The lowest BCUT2D eigenvalue weighted by Crippen LogP contribution is -2.40. The largest absolute Gasteiger partial charge is 0.481 e. The molecule has 1 amide bonds. The lowest BCUT2D eigenvalue weighted by atomic mass is 9.76. The zero-order valence-corrected chi connectivity index (χ0v) is 17.4. The first kappa shape index (κ1) is 21.5. The van der Waals surface area contributed by atoms with Crippen LogP contribution in [0.4, 0.5) is 5.69 Å². The smallest absolute Gasteiger partial charge is 0.307 e. The number of amides is 1. The first-order valence-corrected chi connectivity index (χ1v) is 11.0. The number of anilines is 1. The van der Waals surface area contributed by atoms with Crippen LogP contribution in [0.15, 0.2) is 40.3 Å². The van der Waals surface area contributed by atoms with Crippen LogP contribution in [0.2, 0.25) is 0 Å². The second-order valence-corrected chi connectivity index (χ2v) is 9.49. The van der Waals surface area contributed by atoms with Crippen LogP contribution in [0.25, 0.3) is 0 Å². The molecule has 2 atom stereocenters. The van der Waals surface area contributed by atoms with Gasteiger partial charge in [0.05, 0.1) is 29.9 Å². The summed E-state index contributed by atoms with van der Waals surface area (Å²) in [7, 11) is -3.60. The lowest BCUT2D eigenvalue weighted by Gasteiger charge is -2.29. The molecule has 8 nitrogen and oxygen atoms in total.